The average molecular weight is 290 g/mol. The largest absolute Gasteiger partial charge is 0.253 e. The van der Waals surface area contributed by atoms with Crippen LogP contribution >= 0.6 is 0 Å². The van der Waals surface area contributed by atoms with Gasteiger partial charge < -0.3 is 0 Å². The van der Waals surface area contributed by atoms with Gasteiger partial charge in [0.15, 0.2) is 0 Å². The summed E-state index contributed by atoms with van der Waals surface area (Å²) in [5.74, 6) is 0.475. The van der Waals surface area contributed by atoms with Gasteiger partial charge in [-0.2, -0.15) is 15.0 Å². The molecule has 0 aliphatic heterocycles. The summed E-state index contributed by atoms with van der Waals surface area (Å²) in [7, 11) is 0. The Kier molecular flexibility index (Phi) is 2.90. The predicted octanol–water partition coefficient (Wildman–Crippen LogP) is 1.30. The van der Waals surface area contributed by atoms with Crippen molar-refractivity contribution in [1.82, 2.24) is 40.2 Å². The number of hydrogen-bond donors (Lipinski definition) is 0. The highest BCUT2D eigenvalue weighted by Gasteiger charge is 2.09. The Balaban J connectivity index is 1.71. The highest BCUT2D eigenvalue weighted by molar-refractivity contribution is 5.47. The second kappa shape index (κ2) is 5.17. The van der Waals surface area contributed by atoms with E-state index in [-0.39, 0.29) is 0 Å². The first kappa shape index (κ1) is 12.3. The fraction of sp³-hybridized carbons (Fsp3) is 0. The van der Waals surface area contributed by atoms with Crippen LogP contribution in [0.3, 0.4) is 0 Å². The molecule has 1 aromatic carbocycles. The summed E-state index contributed by atoms with van der Waals surface area (Å²) in [4.78, 5) is 7.19. The molecule has 0 atom stereocenters. The highest BCUT2D eigenvalue weighted by Crippen LogP contribution is 2.13. The first-order valence-electron chi connectivity index (χ1n) is 6.59. The Morgan fingerprint density at radius 2 is 1.59 bits per heavy atom. The maximum Gasteiger partial charge on any atom is 0.223 e. The minimum atomic E-state index is 0.475. The van der Waals surface area contributed by atoms with Crippen LogP contribution in [0, 0.1) is 0 Å². The second-order valence-corrected chi connectivity index (χ2v) is 4.46. The molecule has 4 rings (SSSR count). The van der Waals surface area contributed by atoms with Gasteiger partial charge in [-0.15, -0.1) is 15.0 Å². The standard InChI is InChI=1S/C14H10N8/c1-2-7-15-13(6-1)14-18-20-22(19-14)12-5-3-4-11(10-12)21-16-8-9-17-21/h1-10H. The maximum atomic E-state index is 4.36. The maximum absolute atomic E-state index is 4.36. The van der Waals surface area contributed by atoms with Crippen molar-refractivity contribution in [3.63, 3.8) is 0 Å². The minimum Gasteiger partial charge on any atom is -0.253 e. The molecule has 0 bridgehead atoms. The van der Waals surface area contributed by atoms with Crippen molar-refractivity contribution in [2.45, 2.75) is 0 Å². The molecule has 0 saturated carbocycles. The fourth-order valence-corrected chi connectivity index (χ4v) is 2.01. The van der Waals surface area contributed by atoms with Gasteiger partial charge in [0.2, 0.25) is 5.82 Å². The fourth-order valence-electron chi connectivity index (χ4n) is 2.01. The van der Waals surface area contributed by atoms with E-state index in [1.54, 1.807) is 18.6 Å². The molecule has 0 amide bonds. The van der Waals surface area contributed by atoms with E-state index in [1.807, 2.05) is 42.5 Å². The van der Waals surface area contributed by atoms with E-state index in [1.165, 1.54) is 9.59 Å². The van der Waals surface area contributed by atoms with Gasteiger partial charge in [0.05, 0.1) is 23.8 Å². The molecule has 4 aromatic rings. The van der Waals surface area contributed by atoms with Crippen molar-refractivity contribution in [2.75, 3.05) is 0 Å². The first-order chi connectivity index (χ1) is 10.9. The molecule has 8 nitrogen and oxygen atoms in total. The highest BCUT2D eigenvalue weighted by atomic mass is 15.6. The Morgan fingerprint density at radius 3 is 2.36 bits per heavy atom. The van der Waals surface area contributed by atoms with Crippen molar-refractivity contribution in [2.24, 2.45) is 0 Å². The third-order valence-electron chi connectivity index (χ3n) is 3.02. The second-order valence-electron chi connectivity index (χ2n) is 4.46. The zero-order valence-electron chi connectivity index (χ0n) is 11.4. The summed E-state index contributed by atoms with van der Waals surface area (Å²) in [6.07, 6.45) is 4.94. The third kappa shape index (κ3) is 2.22. The number of rotatable bonds is 3. The number of nitrogens with zero attached hydrogens (tertiary/aromatic N) is 8. The van der Waals surface area contributed by atoms with Crippen molar-refractivity contribution < 1.29 is 0 Å². The van der Waals surface area contributed by atoms with Crippen molar-refractivity contribution in [1.29, 1.82) is 0 Å². The van der Waals surface area contributed by atoms with Crippen molar-refractivity contribution in [3.05, 3.63) is 61.1 Å². The molecule has 8 heteroatoms. The normalized spacial score (nSPS) is 10.7. The summed E-state index contributed by atoms with van der Waals surface area (Å²) in [5.41, 5.74) is 2.27. The van der Waals surface area contributed by atoms with Gasteiger partial charge in [-0.1, -0.05) is 12.1 Å². The van der Waals surface area contributed by atoms with Crippen LogP contribution in [0.2, 0.25) is 0 Å². The number of hydrogen-bond acceptors (Lipinski definition) is 6. The monoisotopic (exact) mass is 290 g/mol. The van der Waals surface area contributed by atoms with E-state index in [0.29, 0.717) is 11.5 Å². The van der Waals surface area contributed by atoms with E-state index in [2.05, 4.69) is 30.6 Å². The van der Waals surface area contributed by atoms with Gasteiger partial charge in [-0.3, -0.25) is 4.98 Å². The summed E-state index contributed by atoms with van der Waals surface area (Å²) < 4.78 is 0. The topological polar surface area (TPSA) is 87.2 Å². The van der Waals surface area contributed by atoms with Crippen LogP contribution in [0.4, 0.5) is 0 Å². The van der Waals surface area contributed by atoms with Gasteiger partial charge in [0.1, 0.15) is 5.69 Å². The Morgan fingerprint density at radius 1 is 0.773 bits per heavy atom. The molecule has 3 aromatic heterocycles. The van der Waals surface area contributed by atoms with Crippen LogP contribution in [-0.2, 0) is 0 Å². The lowest BCUT2D eigenvalue weighted by atomic mass is 10.3. The molecule has 0 aliphatic rings. The van der Waals surface area contributed by atoms with Gasteiger partial charge in [0.25, 0.3) is 0 Å². The Hall–Kier alpha value is -3.42. The van der Waals surface area contributed by atoms with E-state index < -0.39 is 0 Å². The zero-order valence-corrected chi connectivity index (χ0v) is 11.4. The molecule has 0 N–H and O–H groups in total. The van der Waals surface area contributed by atoms with E-state index >= 15 is 0 Å². The molecule has 0 radical (unpaired) electrons. The van der Waals surface area contributed by atoms with Crippen LogP contribution in [-0.4, -0.2) is 40.2 Å². The molecular weight excluding hydrogens is 280 g/mol. The number of pyridine rings is 1. The SMILES string of the molecule is c1ccc(-c2nnn(-c3cccc(-n4nccn4)c3)n2)nc1. The smallest absolute Gasteiger partial charge is 0.223 e. The third-order valence-corrected chi connectivity index (χ3v) is 3.02. The average Bonchev–Trinajstić information content (AvgIpc) is 3.28. The lowest BCUT2D eigenvalue weighted by Crippen LogP contribution is -2.03. The molecule has 0 unspecified atom stereocenters. The van der Waals surface area contributed by atoms with Crippen LogP contribution < -0.4 is 0 Å². The van der Waals surface area contributed by atoms with Gasteiger partial charge in [-0.25, -0.2) is 0 Å². The summed E-state index contributed by atoms with van der Waals surface area (Å²) >= 11 is 0. The van der Waals surface area contributed by atoms with Crippen molar-refractivity contribution in [3.8, 4) is 22.9 Å². The lowest BCUT2D eigenvalue weighted by molar-refractivity contribution is 0.712. The molecule has 3 heterocycles. The molecule has 0 saturated heterocycles. The van der Waals surface area contributed by atoms with Crippen LogP contribution in [0.1, 0.15) is 0 Å². The lowest BCUT2D eigenvalue weighted by Gasteiger charge is -2.02. The summed E-state index contributed by atoms with van der Waals surface area (Å²) in [6, 6.07) is 13.1. The Bertz CT molecular complexity index is 882. The van der Waals surface area contributed by atoms with Gasteiger partial charge >= 0.3 is 0 Å². The van der Waals surface area contributed by atoms with Crippen LogP contribution in [0.15, 0.2) is 61.1 Å². The van der Waals surface area contributed by atoms with Crippen molar-refractivity contribution >= 4 is 0 Å². The summed E-state index contributed by atoms with van der Waals surface area (Å²) in [5, 5.41) is 20.7. The molecule has 0 aliphatic carbocycles. The molecule has 0 fully saturated rings. The number of tetrazole rings is 1. The predicted molar refractivity (Wildman–Crippen MR) is 77.3 cm³/mol. The van der Waals surface area contributed by atoms with Gasteiger partial charge in [0, 0.05) is 6.20 Å². The van der Waals surface area contributed by atoms with Crippen LogP contribution in [0.5, 0.6) is 0 Å². The molecule has 0 spiro atoms. The van der Waals surface area contributed by atoms with E-state index in [4.69, 9.17) is 0 Å². The first-order valence-corrected chi connectivity index (χ1v) is 6.59. The molecular formula is C14H10N8. The molecule has 106 valence electrons. The van der Waals surface area contributed by atoms with Gasteiger partial charge in [-0.05, 0) is 35.5 Å². The zero-order chi connectivity index (χ0) is 14.8. The van der Waals surface area contributed by atoms with E-state index in [0.717, 1.165) is 11.4 Å². The van der Waals surface area contributed by atoms with E-state index in [9.17, 15) is 0 Å². The van der Waals surface area contributed by atoms with Crippen LogP contribution in [0.25, 0.3) is 22.9 Å². The number of benzene rings is 1. The number of aromatic nitrogens is 8. The quantitative estimate of drug-likeness (QED) is 0.565. The summed E-state index contributed by atoms with van der Waals surface area (Å²) in [6.45, 7) is 0. The Labute approximate surface area is 125 Å². The minimum absolute atomic E-state index is 0.475. The molecule has 22 heavy (non-hydrogen) atoms.